The zero-order chi connectivity index (χ0) is 24.3. The van der Waals surface area contributed by atoms with Gasteiger partial charge in [0.25, 0.3) is 0 Å². The molecule has 1 aliphatic rings. The summed E-state index contributed by atoms with van der Waals surface area (Å²) in [7, 11) is 0. The highest BCUT2D eigenvalue weighted by Gasteiger charge is 2.22. The van der Waals surface area contributed by atoms with Gasteiger partial charge < -0.3 is 14.8 Å². The molecule has 6 nitrogen and oxygen atoms in total. The second kappa shape index (κ2) is 10.3. The van der Waals surface area contributed by atoms with Crippen LogP contribution in [0.15, 0.2) is 67.0 Å². The number of benzene rings is 2. The van der Waals surface area contributed by atoms with Crippen LogP contribution in [-0.2, 0) is 13.0 Å². The molecule has 5 aromatic rings. The van der Waals surface area contributed by atoms with Crippen LogP contribution in [0.25, 0.3) is 21.3 Å². The van der Waals surface area contributed by atoms with E-state index >= 15 is 0 Å². The Bertz CT molecular complexity index is 1420. The maximum absolute atomic E-state index is 13.4. The fourth-order valence-corrected chi connectivity index (χ4v) is 5.94. The van der Waals surface area contributed by atoms with Crippen LogP contribution in [0.5, 0.6) is 0 Å². The number of rotatable bonds is 8. The molecule has 1 aliphatic heterocycles. The van der Waals surface area contributed by atoms with Crippen molar-refractivity contribution in [1.82, 2.24) is 24.4 Å². The minimum atomic E-state index is -0.200. The maximum Gasteiger partial charge on any atom is 0.183 e. The summed E-state index contributed by atoms with van der Waals surface area (Å²) in [5.41, 5.74) is 4.22. The summed E-state index contributed by atoms with van der Waals surface area (Å²) >= 11 is 1.68. The first-order valence-electron chi connectivity index (χ1n) is 12.6. The van der Waals surface area contributed by atoms with E-state index in [9.17, 15) is 4.39 Å². The smallest absolute Gasteiger partial charge is 0.183 e. The molecular formula is C28H29FN6S. The fraction of sp³-hybridized carbons (Fsp3) is 0.321. The summed E-state index contributed by atoms with van der Waals surface area (Å²) < 4.78 is 16.9. The van der Waals surface area contributed by atoms with Gasteiger partial charge in [0.2, 0.25) is 0 Å². The number of hydrogen-bond donors (Lipinski definition) is 1. The number of nitrogens with zero attached hydrogens (tertiary/aromatic N) is 5. The maximum atomic E-state index is 13.4. The molecule has 184 valence electrons. The molecule has 1 fully saturated rings. The lowest BCUT2D eigenvalue weighted by Crippen LogP contribution is -2.37. The molecule has 36 heavy (non-hydrogen) atoms. The largest absolute Gasteiger partial charge is 0.360 e. The number of halogens is 1. The van der Waals surface area contributed by atoms with Crippen molar-refractivity contribution in [2.45, 2.75) is 25.8 Å². The van der Waals surface area contributed by atoms with Gasteiger partial charge in [-0.1, -0.05) is 35.6 Å². The molecule has 0 unspecified atom stereocenters. The van der Waals surface area contributed by atoms with Gasteiger partial charge in [0.1, 0.15) is 17.2 Å². The van der Waals surface area contributed by atoms with Crippen LogP contribution >= 0.6 is 11.3 Å². The second-order valence-electron chi connectivity index (χ2n) is 9.51. The van der Waals surface area contributed by atoms with Gasteiger partial charge >= 0.3 is 0 Å². The van der Waals surface area contributed by atoms with E-state index in [1.807, 2.05) is 36.7 Å². The lowest BCUT2D eigenvalue weighted by atomic mass is 9.93. The zero-order valence-corrected chi connectivity index (χ0v) is 20.9. The third kappa shape index (κ3) is 5.10. The third-order valence-electron chi connectivity index (χ3n) is 7.06. The highest BCUT2D eigenvalue weighted by Crippen LogP contribution is 2.26. The number of piperidine rings is 1. The van der Waals surface area contributed by atoms with Crippen LogP contribution in [0.2, 0.25) is 0 Å². The van der Waals surface area contributed by atoms with Gasteiger partial charge in [0.15, 0.2) is 5.13 Å². The zero-order valence-electron chi connectivity index (χ0n) is 20.1. The Hall–Kier alpha value is -3.36. The van der Waals surface area contributed by atoms with E-state index in [1.165, 1.54) is 29.7 Å². The highest BCUT2D eigenvalue weighted by molar-refractivity contribution is 7.22. The first-order valence-corrected chi connectivity index (χ1v) is 13.4. The molecule has 1 N–H and O–H groups in total. The molecule has 0 amide bonds. The summed E-state index contributed by atoms with van der Waals surface area (Å²) in [6.45, 7) is 4.83. The lowest BCUT2D eigenvalue weighted by molar-refractivity contribution is 0.188. The Balaban J connectivity index is 1.05. The topological polar surface area (TPSA) is 58.9 Å². The van der Waals surface area contributed by atoms with Crippen LogP contribution in [-0.4, -0.2) is 50.6 Å². The van der Waals surface area contributed by atoms with E-state index in [0.717, 1.165) is 65.7 Å². The molecular weight excluding hydrogens is 471 g/mol. The minimum absolute atomic E-state index is 0.200. The Kier molecular flexibility index (Phi) is 6.61. The Morgan fingerprint density at radius 2 is 1.81 bits per heavy atom. The molecule has 3 aromatic heterocycles. The Morgan fingerprint density at radius 3 is 2.64 bits per heavy atom. The molecule has 2 aromatic carbocycles. The molecule has 0 atom stereocenters. The predicted molar refractivity (Wildman–Crippen MR) is 144 cm³/mol. The number of fused-ring (bicyclic) bond motifs is 2. The molecule has 1 saturated heterocycles. The Morgan fingerprint density at radius 1 is 0.972 bits per heavy atom. The average molecular weight is 501 g/mol. The van der Waals surface area contributed by atoms with Gasteiger partial charge in [-0.15, -0.1) is 0 Å². The molecule has 0 radical (unpaired) electrons. The number of nitrogens with one attached hydrogen (secondary N) is 1. The fourth-order valence-electron chi connectivity index (χ4n) is 5.08. The normalized spacial score (nSPS) is 15.1. The SMILES string of the molecule is Fc1ccc(Cn2c(CC3CCN(CCNc4nc5cnccc5s4)CC3)nc3ccccc32)cc1. The van der Waals surface area contributed by atoms with Gasteiger partial charge in [0, 0.05) is 32.3 Å². The molecule has 0 bridgehead atoms. The van der Waals surface area contributed by atoms with E-state index < -0.39 is 0 Å². The Labute approximate surface area is 213 Å². The van der Waals surface area contributed by atoms with Crippen molar-refractivity contribution in [3.05, 3.63) is 84.2 Å². The lowest BCUT2D eigenvalue weighted by Gasteiger charge is -2.31. The van der Waals surface area contributed by atoms with Gasteiger partial charge in [-0.3, -0.25) is 4.98 Å². The quantitative estimate of drug-likeness (QED) is 0.301. The summed E-state index contributed by atoms with van der Waals surface area (Å²) in [4.78, 5) is 16.3. The van der Waals surface area contributed by atoms with Gasteiger partial charge in [-0.25, -0.2) is 14.4 Å². The van der Waals surface area contributed by atoms with Crippen molar-refractivity contribution >= 4 is 37.7 Å². The van der Waals surface area contributed by atoms with E-state index in [0.29, 0.717) is 12.5 Å². The number of para-hydroxylation sites is 2. The van der Waals surface area contributed by atoms with Crippen molar-refractivity contribution in [1.29, 1.82) is 0 Å². The predicted octanol–water partition coefficient (Wildman–Crippen LogP) is 5.60. The van der Waals surface area contributed by atoms with Crippen molar-refractivity contribution in [2.75, 3.05) is 31.5 Å². The molecule has 6 rings (SSSR count). The number of anilines is 1. The van der Waals surface area contributed by atoms with E-state index in [1.54, 1.807) is 11.3 Å². The standard InChI is InChI=1S/C28H29FN6S/c29-22-7-5-21(6-8-22)19-35-25-4-2-1-3-23(25)32-27(35)17-20-10-14-34(15-11-20)16-13-31-28-33-24-18-30-12-9-26(24)36-28/h1-9,12,18,20H,10-11,13-17,19H2,(H,31,33). The summed E-state index contributed by atoms with van der Waals surface area (Å²) in [5, 5.41) is 4.45. The monoisotopic (exact) mass is 500 g/mol. The van der Waals surface area contributed by atoms with Crippen LogP contribution in [0.1, 0.15) is 24.2 Å². The number of hydrogen-bond acceptors (Lipinski definition) is 6. The van der Waals surface area contributed by atoms with Crippen molar-refractivity contribution in [2.24, 2.45) is 5.92 Å². The van der Waals surface area contributed by atoms with Crippen molar-refractivity contribution in [3.63, 3.8) is 0 Å². The first-order chi connectivity index (χ1) is 17.7. The third-order valence-corrected chi connectivity index (χ3v) is 8.05. The highest BCUT2D eigenvalue weighted by atomic mass is 32.1. The average Bonchev–Trinajstić information content (AvgIpc) is 3.47. The van der Waals surface area contributed by atoms with E-state index in [2.05, 4.69) is 43.0 Å². The van der Waals surface area contributed by atoms with Crippen LogP contribution in [0, 0.1) is 11.7 Å². The minimum Gasteiger partial charge on any atom is -0.360 e. The van der Waals surface area contributed by atoms with E-state index in [-0.39, 0.29) is 5.82 Å². The van der Waals surface area contributed by atoms with Gasteiger partial charge in [-0.05, 0) is 67.7 Å². The molecule has 8 heteroatoms. The van der Waals surface area contributed by atoms with E-state index in [4.69, 9.17) is 4.98 Å². The second-order valence-corrected chi connectivity index (χ2v) is 10.5. The summed E-state index contributed by atoms with van der Waals surface area (Å²) in [5.74, 6) is 1.55. The van der Waals surface area contributed by atoms with Gasteiger partial charge in [-0.2, -0.15) is 0 Å². The first kappa shape index (κ1) is 23.1. The van der Waals surface area contributed by atoms with Crippen LogP contribution in [0.4, 0.5) is 9.52 Å². The van der Waals surface area contributed by atoms with Crippen LogP contribution in [0.3, 0.4) is 0 Å². The van der Waals surface area contributed by atoms with Crippen molar-refractivity contribution < 1.29 is 4.39 Å². The number of likely N-dealkylation sites (tertiary alicyclic amines) is 1. The molecule has 0 saturated carbocycles. The van der Waals surface area contributed by atoms with Gasteiger partial charge in [0.05, 0.1) is 21.9 Å². The summed E-state index contributed by atoms with van der Waals surface area (Å²) in [6.07, 6.45) is 6.95. The summed E-state index contributed by atoms with van der Waals surface area (Å²) in [6, 6.07) is 17.1. The van der Waals surface area contributed by atoms with Crippen LogP contribution < -0.4 is 5.32 Å². The van der Waals surface area contributed by atoms with Crippen molar-refractivity contribution in [3.8, 4) is 0 Å². The molecule has 0 aliphatic carbocycles. The number of pyridine rings is 1. The molecule has 0 spiro atoms. The molecule has 4 heterocycles. The number of thiazole rings is 1. The number of aromatic nitrogens is 4. The number of imidazole rings is 1.